The van der Waals surface area contributed by atoms with Gasteiger partial charge in [0.2, 0.25) is 0 Å². The van der Waals surface area contributed by atoms with E-state index < -0.39 is 0 Å². The minimum absolute atomic E-state index is 0. The van der Waals surface area contributed by atoms with Crippen LogP contribution in [-0.4, -0.2) is 20.1 Å². The number of rotatable bonds is 1. The van der Waals surface area contributed by atoms with Crippen LogP contribution in [0, 0.1) is 34.5 Å². The van der Waals surface area contributed by atoms with Crippen LogP contribution in [-0.2, 0) is 0 Å². The number of hydrogen-bond donors (Lipinski definition) is 1. The molecule has 0 spiro atoms. The van der Waals surface area contributed by atoms with Gasteiger partial charge in [-0.2, -0.15) is 10.5 Å². The first-order valence-corrected chi connectivity index (χ1v) is 4.38. The Balaban J connectivity index is 0.00000144. The fourth-order valence-corrected chi connectivity index (χ4v) is 1.71. The van der Waals surface area contributed by atoms with Crippen LogP contribution in [0.5, 0.6) is 0 Å². The van der Waals surface area contributed by atoms with E-state index in [9.17, 15) is 0 Å². The summed E-state index contributed by atoms with van der Waals surface area (Å²) < 4.78 is 0. The second-order valence-electron chi connectivity index (χ2n) is 3.53. The van der Waals surface area contributed by atoms with E-state index in [1.807, 2.05) is 0 Å². The molecular weight excluding hydrogens is 186 g/mol. The molecule has 0 aliphatic carbocycles. The van der Waals surface area contributed by atoms with Crippen molar-refractivity contribution in [1.82, 2.24) is 0 Å². The Morgan fingerprint density at radius 1 is 1.23 bits per heavy atom. The Labute approximate surface area is 85.4 Å². The summed E-state index contributed by atoms with van der Waals surface area (Å²) in [6.45, 7) is 2.20. The number of likely N-dealkylation sites (tertiary alicyclic amines) is 1. The Kier molecular flexibility index (Phi) is 5.46. The van der Waals surface area contributed by atoms with Crippen LogP contribution in [0.1, 0.15) is 12.8 Å². The molecule has 1 aliphatic heterocycles. The zero-order valence-corrected chi connectivity index (χ0v) is 8.51. The van der Waals surface area contributed by atoms with E-state index in [4.69, 9.17) is 10.5 Å². The summed E-state index contributed by atoms with van der Waals surface area (Å²) in [5, 5.41) is 17.3. The minimum atomic E-state index is -0.377. The number of nitriles is 2. The fraction of sp³-hybridized carbons (Fsp3) is 0.778. The van der Waals surface area contributed by atoms with Crippen LogP contribution in [0.15, 0.2) is 0 Å². The van der Waals surface area contributed by atoms with Gasteiger partial charge in [-0.3, -0.25) is 0 Å². The maximum atomic E-state index is 8.66. The third kappa shape index (κ3) is 3.22. The van der Waals surface area contributed by atoms with Crippen molar-refractivity contribution in [2.24, 2.45) is 11.8 Å². The molecule has 0 saturated carbocycles. The van der Waals surface area contributed by atoms with E-state index in [0.29, 0.717) is 5.92 Å². The van der Waals surface area contributed by atoms with E-state index >= 15 is 0 Å². The lowest BCUT2D eigenvalue weighted by Crippen LogP contribution is -3.10. The molecule has 1 rings (SSSR count). The summed E-state index contributed by atoms with van der Waals surface area (Å²) >= 11 is 0. The average molecular weight is 200 g/mol. The normalized spacial score (nSPS) is 27.1. The summed E-state index contributed by atoms with van der Waals surface area (Å²) in [6, 6.07) is 4.13. The van der Waals surface area contributed by atoms with Gasteiger partial charge < -0.3 is 17.3 Å². The van der Waals surface area contributed by atoms with Gasteiger partial charge in [-0.15, -0.1) is 0 Å². The maximum Gasteiger partial charge on any atom is 0.136 e. The Bertz CT molecular complexity index is 206. The first kappa shape index (κ1) is 12.2. The van der Waals surface area contributed by atoms with E-state index in [1.54, 1.807) is 0 Å². The quantitative estimate of drug-likeness (QED) is 0.478. The highest BCUT2D eigenvalue weighted by molar-refractivity contribution is 5.02. The second kappa shape index (κ2) is 5.80. The van der Waals surface area contributed by atoms with Crippen LogP contribution in [0.25, 0.3) is 0 Å². The Hall–Kier alpha value is -0.770. The van der Waals surface area contributed by atoms with Gasteiger partial charge in [-0.1, -0.05) is 0 Å². The Morgan fingerprint density at radius 2 is 1.69 bits per heavy atom. The first-order chi connectivity index (χ1) is 5.77. The molecular formula is C9H14ClN3. The smallest absolute Gasteiger partial charge is 0.136 e. The number of quaternary nitrogens is 1. The SMILES string of the molecule is C[NH+]1CCC(C(C#N)C#N)CC1.[Cl-]. The molecule has 0 bridgehead atoms. The molecule has 1 heterocycles. The summed E-state index contributed by atoms with van der Waals surface area (Å²) in [6.07, 6.45) is 2.05. The van der Waals surface area contributed by atoms with Crippen LogP contribution >= 0.6 is 0 Å². The average Bonchev–Trinajstić information content (AvgIpc) is 2.10. The van der Waals surface area contributed by atoms with Gasteiger partial charge in [0.15, 0.2) is 0 Å². The molecule has 0 aromatic rings. The fourth-order valence-electron chi connectivity index (χ4n) is 1.71. The predicted molar refractivity (Wildman–Crippen MR) is 44.1 cm³/mol. The first-order valence-electron chi connectivity index (χ1n) is 4.38. The monoisotopic (exact) mass is 199 g/mol. The van der Waals surface area contributed by atoms with Crippen molar-refractivity contribution in [3.8, 4) is 12.1 Å². The van der Waals surface area contributed by atoms with Crippen LogP contribution < -0.4 is 17.3 Å². The molecule has 0 radical (unpaired) electrons. The van der Waals surface area contributed by atoms with Crippen molar-refractivity contribution >= 4 is 0 Å². The van der Waals surface area contributed by atoms with Gasteiger partial charge in [-0.05, 0) is 5.92 Å². The minimum Gasteiger partial charge on any atom is -1.00 e. The number of nitrogens with zero attached hydrogens (tertiary/aromatic N) is 2. The molecule has 72 valence electrons. The molecule has 0 aromatic carbocycles. The van der Waals surface area contributed by atoms with Gasteiger partial charge in [0.05, 0.1) is 32.3 Å². The molecule has 1 saturated heterocycles. The van der Waals surface area contributed by atoms with Crippen LogP contribution in [0.4, 0.5) is 0 Å². The number of piperidine rings is 1. The summed E-state index contributed by atoms with van der Waals surface area (Å²) in [5.41, 5.74) is 0. The van der Waals surface area contributed by atoms with Crippen molar-refractivity contribution in [1.29, 1.82) is 10.5 Å². The van der Waals surface area contributed by atoms with Crippen molar-refractivity contribution < 1.29 is 17.3 Å². The predicted octanol–water partition coefficient (Wildman–Crippen LogP) is -3.42. The van der Waals surface area contributed by atoms with Gasteiger partial charge in [0.1, 0.15) is 5.92 Å². The number of nitrogens with one attached hydrogen (secondary N) is 1. The third-order valence-electron chi connectivity index (χ3n) is 2.63. The van der Waals surface area contributed by atoms with Crippen LogP contribution in [0.3, 0.4) is 0 Å². The molecule has 0 amide bonds. The van der Waals surface area contributed by atoms with E-state index in [0.717, 1.165) is 25.9 Å². The van der Waals surface area contributed by atoms with E-state index in [1.165, 1.54) is 4.90 Å². The lowest BCUT2D eigenvalue weighted by atomic mass is 9.86. The highest BCUT2D eigenvalue weighted by Gasteiger charge is 2.26. The van der Waals surface area contributed by atoms with Crippen molar-refractivity contribution in [3.63, 3.8) is 0 Å². The maximum absolute atomic E-state index is 8.66. The van der Waals surface area contributed by atoms with E-state index in [-0.39, 0.29) is 18.3 Å². The molecule has 3 nitrogen and oxygen atoms in total. The Morgan fingerprint density at radius 3 is 2.08 bits per heavy atom. The highest BCUT2D eigenvalue weighted by atomic mass is 35.5. The van der Waals surface area contributed by atoms with Gasteiger partial charge in [0, 0.05) is 12.8 Å². The van der Waals surface area contributed by atoms with Crippen molar-refractivity contribution in [2.75, 3.05) is 20.1 Å². The number of hydrogen-bond acceptors (Lipinski definition) is 2. The van der Waals surface area contributed by atoms with Gasteiger partial charge in [0.25, 0.3) is 0 Å². The zero-order valence-electron chi connectivity index (χ0n) is 7.76. The van der Waals surface area contributed by atoms with E-state index in [2.05, 4.69) is 19.2 Å². The second-order valence-corrected chi connectivity index (χ2v) is 3.53. The number of halogens is 1. The summed E-state index contributed by atoms with van der Waals surface area (Å²) in [4.78, 5) is 1.51. The highest BCUT2D eigenvalue weighted by Crippen LogP contribution is 2.18. The molecule has 1 N–H and O–H groups in total. The summed E-state index contributed by atoms with van der Waals surface area (Å²) in [5.74, 6) is -0.0539. The molecule has 0 aromatic heterocycles. The topological polar surface area (TPSA) is 52.0 Å². The van der Waals surface area contributed by atoms with Crippen molar-refractivity contribution in [3.05, 3.63) is 0 Å². The lowest BCUT2D eigenvalue weighted by Gasteiger charge is -2.26. The van der Waals surface area contributed by atoms with Gasteiger partial charge >= 0.3 is 0 Å². The molecule has 0 unspecified atom stereocenters. The summed E-state index contributed by atoms with van der Waals surface area (Å²) in [7, 11) is 2.16. The molecule has 4 heteroatoms. The molecule has 1 fully saturated rings. The zero-order chi connectivity index (χ0) is 8.97. The van der Waals surface area contributed by atoms with Crippen LogP contribution in [0.2, 0.25) is 0 Å². The molecule has 1 aliphatic rings. The largest absolute Gasteiger partial charge is 1.00 e. The molecule has 13 heavy (non-hydrogen) atoms. The standard InChI is InChI=1S/C9H13N3.ClH/c1-12-4-2-8(3-5-12)9(6-10)7-11;/h8-9H,2-5H2,1H3;1H. The third-order valence-corrected chi connectivity index (χ3v) is 2.63. The van der Waals surface area contributed by atoms with Crippen molar-refractivity contribution in [2.45, 2.75) is 12.8 Å². The van der Waals surface area contributed by atoms with Gasteiger partial charge in [-0.25, -0.2) is 0 Å². The lowest BCUT2D eigenvalue weighted by molar-refractivity contribution is -0.886. The molecule has 0 atom stereocenters.